The molecule has 3 rings (SSSR count). The molecule has 0 atom stereocenters. The largest absolute Gasteiger partial charge is 0.289 e. The van der Waals surface area contributed by atoms with E-state index in [0.717, 1.165) is 0 Å². The smallest absolute Gasteiger partial charge is 0.265 e. The molecule has 0 unspecified atom stereocenters. The van der Waals surface area contributed by atoms with E-state index in [1.807, 2.05) is 47.0 Å². The molecule has 168 valence electrons. The molecule has 0 amide bonds. The second kappa shape index (κ2) is 14.6. The molecule has 30 heavy (non-hydrogen) atoms. The lowest BCUT2D eigenvalue weighted by Crippen LogP contribution is -1.84. The van der Waals surface area contributed by atoms with Crippen LogP contribution >= 0.6 is 93.2 Å². The predicted molar refractivity (Wildman–Crippen MR) is 152 cm³/mol. The molecule has 0 bridgehead atoms. The van der Waals surface area contributed by atoms with Gasteiger partial charge in [-0.1, -0.05) is 135 Å². The molecule has 0 N–H and O–H groups in total. The summed E-state index contributed by atoms with van der Waals surface area (Å²) >= 11 is 14.6. The lowest BCUT2D eigenvalue weighted by molar-refractivity contribution is 0.659. The zero-order chi connectivity index (χ0) is 21.2. The van der Waals surface area contributed by atoms with Crippen molar-refractivity contribution in [3.8, 4) is 0 Å². The maximum Gasteiger partial charge on any atom is 0.289 e. The fourth-order valence-electron chi connectivity index (χ4n) is 2.93. The van der Waals surface area contributed by atoms with Gasteiger partial charge in [0.2, 0.25) is 0 Å². The zero-order valence-corrected chi connectivity index (χ0v) is 24.2. The molecule has 1 aromatic heterocycles. The number of hydrogen-bond donors (Lipinski definition) is 0. The van der Waals surface area contributed by atoms with Gasteiger partial charge >= 0.3 is 0 Å². The van der Waals surface area contributed by atoms with E-state index in [1.165, 1.54) is 124 Å². The summed E-state index contributed by atoms with van der Waals surface area (Å²) in [5.41, 5.74) is 0. The second-order valence-electron chi connectivity index (χ2n) is 7.11. The van der Waals surface area contributed by atoms with Gasteiger partial charge in [0.1, 0.15) is 0 Å². The van der Waals surface area contributed by atoms with Crippen molar-refractivity contribution in [3.63, 3.8) is 0 Å². The Hall–Kier alpha value is 1.43. The molecule has 0 saturated carbocycles. The third kappa shape index (κ3) is 8.33. The van der Waals surface area contributed by atoms with Gasteiger partial charge in [-0.2, -0.15) is 0 Å². The fourth-order valence-corrected chi connectivity index (χ4v) is 15.0. The van der Waals surface area contributed by atoms with Crippen LogP contribution in [0.1, 0.15) is 78.1 Å². The Morgan fingerprint density at radius 1 is 0.600 bits per heavy atom. The van der Waals surface area contributed by atoms with Crippen molar-refractivity contribution in [2.45, 2.75) is 86.5 Å². The van der Waals surface area contributed by atoms with Crippen LogP contribution < -0.4 is 4.06 Å². The summed E-state index contributed by atoms with van der Waals surface area (Å²) in [6.45, 7) is 4.56. The summed E-state index contributed by atoms with van der Waals surface area (Å²) in [5, 5.41) is 0. The van der Waals surface area contributed by atoms with Crippen LogP contribution in [0.5, 0.6) is 0 Å². The van der Waals surface area contributed by atoms with E-state index in [2.05, 4.69) is 37.4 Å². The van der Waals surface area contributed by atoms with Crippen LogP contribution in [0.4, 0.5) is 0 Å². The molecule has 9 heteroatoms. The first kappa shape index (κ1) is 26.0. The van der Waals surface area contributed by atoms with Gasteiger partial charge in [0, 0.05) is 0 Å². The van der Waals surface area contributed by atoms with Crippen molar-refractivity contribution in [2.24, 2.45) is 0 Å². The van der Waals surface area contributed by atoms with Crippen molar-refractivity contribution in [2.75, 3.05) is 11.5 Å². The van der Waals surface area contributed by atoms with Gasteiger partial charge in [0.05, 0.1) is 25.4 Å². The highest BCUT2D eigenvalue weighted by atomic mass is 32.3. The molecule has 0 saturated heterocycles. The van der Waals surface area contributed by atoms with E-state index in [9.17, 15) is 4.79 Å². The van der Waals surface area contributed by atoms with Crippen molar-refractivity contribution in [1.29, 1.82) is 0 Å². The molecule has 2 aliphatic heterocycles. The normalized spacial score (nSPS) is 16.2. The Balaban J connectivity index is 1.53. The number of rotatable bonds is 14. The van der Waals surface area contributed by atoms with Crippen LogP contribution in [0.2, 0.25) is 0 Å². The SMILES string of the molecule is CCCCCCCSC1=C(SCCCCCCC)SC(=C2Sc3sc(=O)sc3S2)S1. The molecule has 0 fully saturated rings. The topological polar surface area (TPSA) is 17.1 Å². The van der Waals surface area contributed by atoms with Gasteiger partial charge in [0.15, 0.2) is 0 Å². The molecule has 1 aromatic rings. The van der Waals surface area contributed by atoms with Gasteiger partial charge in [-0.15, -0.1) is 23.5 Å². The minimum Gasteiger partial charge on any atom is -0.265 e. The molecule has 1 nitrogen and oxygen atoms in total. The minimum absolute atomic E-state index is 0.229. The van der Waals surface area contributed by atoms with Crippen molar-refractivity contribution < 1.29 is 0 Å². The molecular formula is C21H30OS8. The molecule has 3 heterocycles. The highest BCUT2D eigenvalue weighted by molar-refractivity contribution is 8.42. The first-order valence-electron chi connectivity index (χ1n) is 10.8. The summed E-state index contributed by atoms with van der Waals surface area (Å²) in [5.74, 6) is 2.48. The molecular weight excluding hydrogens is 525 g/mol. The first-order valence-corrected chi connectivity index (χ1v) is 17.7. The molecule has 0 aromatic carbocycles. The van der Waals surface area contributed by atoms with Crippen LogP contribution in [-0.2, 0) is 0 Å². The van der Waals surface area contributed by atoms with Crippen LogP contribution in [0.25, 0.3) is 0 Å². The maximum atomic E-state index is 11.6. The molecule has 0 aliphatic carbocycles. The Labute approximate surface area is 215 Å². The number of thioether (sulfide) groups is 6. The fraction of sp³-hybridized carbons (Fsp3) is 0.667. The molecule has 2 aliphatic rings. The molecule has 0 spiro atoms. The quantitative estimate of drug-likeness (QED) is 0.210. The second-order valence-corrected chi connectivity index (χ2v) is 17.2. The predicted octanol–water partition coefficient (Wildman–Crippen LogP) is 10.5. The van der Waals surface area contributed by atoms with Crippen molar-refractivity contribution >= 4 is 93.2 Å². The zero-order valence-electron chi connectivity index (χ0n) is 17.7. The van der Waals surface area contributed by atoms with Crippen LogP contribution in [0.15, 0.2) is 30.2 Å². The average Bonchev–Trinajstić information content (AvgIpc) is 3.40. The van der Waals surface area contributed by atoms with Crippen LogP contribution in [-0.4, -0.2) is 11.5 Å². The lowest BCUT2D eigenvalue weighted by atomic mass is 10.2. The number of hydrogen-bond acceptors (Lipinski definition) is 9. The highest BCUT2D eigenvalue weighted by Crippen LogP contribution is 2.65. The average molecular weight is 555 g/mol. The summed E-state index contributed by atoms with van der Waals surface area (Å²) in [7, 11) is 0. The first-order chi connectivity index (χ1) is 14.7. The summed E-state index contributed by atoms with van der Waals surface area (Å²) in [4.78, 5) is 11.6. The standard InChI is InChI=1S/C21H30OS8/c1-3-5-7-9-11-13-23-15-16(24-14-12-10-8-6-4-2)26-17(25-15)18-27-19-20(28-18)30-21(22)29-19/h3-14H2,1-2H3. The summed E-state index contributed by atoms with van der Waals surface area (Å²) in [6, 6.07) is 0. The van der Waals surface area contributed by atoms with E-state index in [0.29, 0.717) is 0 Å². The highest BCUT2D eigenvalue weighted by Gasteiger charge is 2.30. The van der Waals surface area contributed by atoms with E-state index >= 15 is 0 Å². The van der Waals surface area contributed by atoms with Crippen LogP contribution in [0, 0.1) is 0 Å². The van der Waals surface area contributed by atoms with Gasteiger partial charge in [-0.3, -0.25) is 4.79 Å². The maximum absolute atomic E-state index is 11.6. The summed E-state index contributed by atoms with van der Waals surface area (Å²) in [6.07, 6.45) is 13.5. The van der Waals surface area contributed by atoms with E-state index < -0.39 is 0 Å². The van der Waals surface area contributed by atoms with Crippen molar-refractivity contribution in [1.82, 2.24) is 0 Å². The number of unbranched alkanes of at least 4 members (excludes halogenated alkanes) is 8. The van der Waals surface area contributed by atoms with E-state index in [1.54, 1.807) is 0 Å². The third-order valence-electron chi connectivity index (χ3n) is 4.56. The lowest BCUT2D eigenvalue weighted by Gasteiger charge is -2.05. The van der Waals surface area contributed by atoms with E-state index in [4.69, 9.17) is 0 Å². The molecule has 0 radical (unpaired) electrons. The Kier molecular flexibility index (Phi) is 12.7. The Morgan fingerprint density at radius 2 is 1.03 bits per heavy atom. The van der Waals surface area contributed by atoms with Crippen LogP contribution in [0.3, 0.4) is 0 Å². The van der Waals surface area contributed by atoms with Gasteiger partial charge in [-0.05, 0) is 24.3 Å². The van der Waals surface area contributed by atoms with Gasteiger partial charge < -0.3 is 0 Å². The minimum atomic E-state index is 0.229. The van der Waals surface area contributed by atoms with E-state index in [-0.39, 0.29) is 4.06 Å². The Morgan fingerprint density at radius 3 is 1.50 bits per heavy atom. The van der Waals surface area contributed by atoms with Gasteiger partial charge in [-0.25, -0.2) is 0 Å². The third-order valence-corrected chi connectivity index (χ3v) is 16.0. The Bertz CT molecular complexity index is 733. The number of fused-ring (bicyclic) bond motifs is 1. The monoisotopic (exact) mass is 554 g/mol. The summed E-state index contributed by atoms with van der Waals surface area (Å²) < 4.78 is 8.54. The van der Waals surface area contributed by atoms with Gasteiger partial charge in [0.25, 0.3) is 4.06 Å². The van der Waals surface area contributed by atoms with Crippen molar-refractivity contribution in [3.05, 3.63) is 25.8 Å².